The number of hydrogen-bond acceptors (Lipinski definition) is 1. The molecule has 0 spiro atoms. The van der Waals surface area contributed by atoms with E-state index in [2.05, 4.69) is 133 Å². The molecule has 0 radical (unpaired) electrons. The first-order valence-corrected chi connectivity index (χ1v) is 20.2. The summed E-state index contributed by atoms with van der Waals surface area (Å²) in [6.45, 7) is 0. The van der Waals surface area contributed by atoms with E-state index in [1.807, 2.05) is 0 Å². The number of rotatable bonds is 4. The van der Waals surface area contributed by atoms with Gasteiger partial charge in [-0.3, -0.25) is 0 Å². The summed E-state index contributed by atoms with van der Waals surface area (Å²) in [7, 11) is 0. The van der Waals surface area contributed by atoms with E-state index in [0.717, 1.165) is 11.2 Å². The molecule has 9 aromatic rings. The predicted octanol–water partition coefficient (Wildman–Crippen LogP) is 15.6. The summed E-state index contributed by atoms with van der Waals surface area (Å²) < 4.78 is 6.72. The molecule has 1 aromatic heterocycles. The molecule has 1 heterocycles. The second-order valence-electron chi connectivity index (χ2n) is 16.0. The Hall–Kier alpha value is -5.40. The van der Waals surface area contributed by atoms with Crippen LogP contribution in [-0.2, 0) is 0 Å². The third kappa shape index (κ3) is 4.97. The first-order chi connectivity index (χ1) is 26.3. The molecule has 0 bridgehead atoms. The van der Waals surface area contributed by atoms with Crippen LogP contribution in [-0.4, -0.2) is 0 Å². The molecule has 0 saturated heterocycles. The van der Waals surface area contributed by atoms with Gasteiger partial charge < -0.3 is 4.42 Å². The van der Waals surface area contributed by atoms with Crippen molar-refractivity contribution < 1.29 is 4.42 Å². The van der Waals surface area contributed by atoms with E-state index in [1.165, 1.54) is 140 Å². The fraction of sp³-hybridized carbons (Fsp3) is 0.231. The molecule has 2 aliphatic carbocycles. The van der Waals surface area contributed by atoms with Crippen molar-refractivity contribution >= 4 is 65.0 Å². The van der Waals surface area contributed by atoms with Crippen molar-refractivity contribution in [3.05, 3.63) is 145 Å². The van der Waals surface area contributed by atoms with Crippen molar-refractivity contribution in [2.45, 2.75) is 76.0 Å². The molecule has 0 unspecified atom stereocenters. The molecular weight excluding hydrogens is 641 g/mol. The standard InChI is InChI=1S/C52H44O/c1-3-15-33(16-4-1)49-38-19-7-11-23-42(38)51(43-24-12-8-20-39(43)49)35-28-30-47-46(31-35)37-29-27-36(32-48(37)53-47)52-44-25-13-9-21-40(44)50(34-17-5-2-6-18-34)41-22-10-14-26-45(41)52/h7-14,19-34H,1-6,15-18H2. The van der Waals surface area contributed by atoms with Crippen LogP contribution in [0, 0.1) is 0 Å². The summed E-state index contributed by atoms with van der Waals surface area (Å²) in [4.78, 5) is 0. The molecule has 53 heavy (non-hydrogen) atoms. The summed E-state index contributed by atoms with van der Waals surface area (Å²) in [6.07, 6.45) is 13.2. The van der Waals surface area contributed by atoms with Gasteiger partial charge in [-0.2, -0.15) is 0 Å². The summed E-state index contributed by atoms with van der Waals surface area (Å²) in [6, 6.07) is 50.4. The highest BCUT2D eigenvalue weighted by Crippen LogP contribution is 2.48. The summed E-state index contributed by atoms with van der Waals surface area (Å²) in [5.74, 6) is 1.25. The van der Waals surface area contributed by atoms with Gasteiger partial charge in [0, 0.05) is 10.8 Å². The zero-order chi connectivity index (χ0) is 34.9. The van der Waals surface area contributed by atoms with E-state index in [1.54, 1.807) is 11.1 Å². The Balaban J connectivity index is 1.09. The summed E-state index contributed by atoms with van der Waals surface area (Å²) in [5, 5.41) is 13.4. The Morgan fingerprint density at radius 3 is 1.17 bits per heavy atom. The van der Waals surface area contributed by atoms with Gasteiger partial charge in [-0.15, -0.1) is 0 Å². The Labute approximate surface area is 311 Å². The van der Waals surface area contributed by atoms with Crippen LogP contribution in [0.1, 0.15) is 87.2 Å². The quantitative estimate of drug-likeness (QED) is 0.168. The molecular formula is C52H44O. The van der Waals surface area contributed by atoms with E-state index in [9.17, 15) is 0 Å². The third-order valence-corrected chi connectivity index (χ3v) is 13.0. The number of hydrogen-bond donors (Lipinski definition) is 0. The van der Waals surface area contributed by atoms with Gasteiger partial charge in [0.1, 0.15) is 11.2 Å². The molecule has 2 fully saturated rings. The maximum absolute atomic E-state index is 6.72. The van der Waals surface area contributed by atoms with Gasteiger partial charge in [0.25, 0.3) is 0 Å². The van der Waals surface area contributed by atoms with Crippen molar-refractivity contribution in [3.8, 4) is 22.3 Å². The minimum atomic E-state index is 0.623. The van der Waals surface area contributed by atoms with Gasteiger partial charge in [-0.25, -0.2) is 0 Å². The highest BCUT2D eigenvalue weighted by Gasteiger charge is 2.25. The van der Waals surface area contributed by atoms with Gasteiger partial charge in [0.05, 0.1) is 0 Å². The van der Waals surface area contributed by atoms with Crippen molar-refractivity contribution in [2.75, 3.05) is 0 Å². The second-order valence-corrected chi connectivity index (χ2v) is 16.0. The minimum absolute atomic E-state index is 0.623. The van der Waals surface area contributed by atoms with Crippen LogP contribution in [0.5, 0.6) is 0 Å². The monoisotopic (exact) mass is 684 g/mol. The fourth-order valence-electron chi connectivity index (χ4n) is 10.7. The lowest BCUT2D eigenvalue weighted by molar-refractivity contribution is 0.447. The molecule has 0 aliphatic heterocycles. The summed E-state index contributed by atoms with van der Waals surface area (Å²) in [5.41, 5.74) is 10.1. The Morgan fingerprint density at radius 2 is 0.717 bits per heavy atom. The lowest BCUT2D eigenvalue weighted by atomic mass is 9.78. The lowest BCUT2D eigenvalue weighted by Gasteiger charge is -2.26. The zero-order valence-electron chi connectivity index (χ0n) is 30.3. The van der Waals surface area contributed by atoms with Gasteiger partial charge in [0.2, 0.25) is 0 Å². The van der Waals surface area contributed by atoms with Crippen molar-refractivity contribution in [1.82, 2.24) is 0 Å². The average Bonchev–Trinajstić information content (AvgIpc) is 3.59. The predicted molar refractivity (Wildman–Crippen MR) is 226 cm³/mol. The van der Waals surface area contributed by atoms with Gasteiger partial charge in [-0.1, -0.05) is 148 Å². The average molecular weight is 685 g/mol. The lowest BCUT2D eigenvalue weighted by Crippen LogP contribution is -2.06. The molecule has 0 N–H and O–H groups in total. The molecule has 258 valence electrons. The first-order valence-electron chi connectivity index (χ1n) is 20.2. The Bertz CT molecular complexity index is 2740. The molecule has 2 saturated carbocycles. The second kappa shape index (κ2) is 12.6. The molecule has 0 atom stereocenters. The number of benzene rings is 8. The van der Waals surface area contributed by atoms with Crippen LogP contribution in [0.15, 0.2) is 138 Å². The highest BCUT2D eigenvalue weighted by molar-refractivity contribution is 6.19. The Morgan fingerprint density at radius 1 is 0.321 bits per heavy atom. The molecule has 0 amide bonds. The highest BCUT2D eigenvalue weighted by atomic mass is 16.3. The molecule has 1 heteroatoms. The minimum Gasteiger partial charge on any atom is -0.456 e. The van der Waals surface area contributed by atoms with E-state index in [0.29, 0.717) is 11.8 Å². The van der Waals surface area contributed by atoms with Crippen LogP contribution in [0.2, 0.25) is 0 Å². The van der Waals surface area contributed by atoms with Crippen LogP contribution in [0.25, 0.3) is 87.3 Å². The van der Waals surface area contributed by atoms with E-state index < -0.39 is 0 Å². The fourth-order valence-corrected chi connectivity index (χ4v) is 10.7. The van der Waals surface area contributed by atoms with Crippen LogP contribution >= 0.6 is 0 Å². The van der Waals surface area contributed by atoms with Gasteiger partial charge in [0.15, 0.2) is 0 Å². The third-order valence-electron chi connectivity index (χ3n) is 13.0. The summed E-state index contributed by atoms with van der Waals surface area (Å²) >= 11 is 0. The zero-order valence-corrected chi connectivity index (χ0v) is 30.3. The van der Waals surface area contributed by atoms with E-state index >= 15 is 0 Å². The van der Waals surface area contributed by atoms with Crippen molar-refractivity contribution in [1.29, 1.82) is 0 Å². The van der Waals surface area contributed by atoms with Crippen molar-refractivity contribution in [3.63, 3.8) is 0 Å². The first kappa shape index (κ1) is 31.2. The molecule has 11 rings (SSSR count). The van der Waals surface area contributed by atoms with Crippen LogP contribution in [0.4, 0.5) is 0 Å². The Kier molecular flexibility index (Phi) is 7.42. The molecule has 8 aromatic carbocycles. The van der Waals surface area contributed by atoms with Crippen LogP contribution in [0.3, 0.4) is 0 Å². The smallest absolute Gasteiger partial charge is 0.136 e. The van der Waals surface area contributed by atoms with E-state index in [-0.39, 0.29) is 0 Å². The van der Waals surface area contributed by atoms with Crippen LogP contribution < -0.4 is 0 Å². The SMILES string of the molecule is c1ccc2c(C3CCCCC3)c3ccccc3c(-c3ccc4c(c3)oc3ccc(-c5c6ccccc6c(C6CCCCC6)c6ccccc56)cc34)c2c1. The molecule has 1 nitrogen and oxygen atoms in total. The number of fused-ring (bicyclic) bond motifs is 7. The number of furan rings is 1. The normalized spacial score (nSPS) is 16.2. The van der Waals surface area contributed by atoms with E-state index in [4.69, 9.17) is 4.42 Å². The molecule has 2 aliphatic rings. The maximum Gasteiger partial charge on any atom is 0.136 e. The maximum atomic E-state index is 6.72. The van der Waals surface area contributed by atoms with Gasteiger partial charge >= 0.3 is 0 Å². The van der Waals surface area contributed by atoms with Crippen molar-refractivity contribution in [2.24, 2.45) is 0 Å². The van der Waals surface area contributed by atoms with Gasteiger partial charge in [-0.05, 0) is 138 Å². The largest absolute Gasteiger partial charge is 0.456 e. The topological polar surface area (TPSA) is 13.1 Å².